The lowest BCUT2D eigenvalue weighted by Crippen LogP contribution is -2.46. The second kappa shape index (κ2) is 9.07. The van der Waals surface area contributed by atoms with E-state index in [1.54, 1.807) is 6.92 Å². The van der Waals surface area contributed by atoms with Crippen molar-refractivity contribution in [1.29, 1.82) is 0 Å². The number of anilines is 1. The van der Waals surface area contributed by atoms with Gasteiger partial charge in [-0.05, 0) is 30.9 Å². The minimum absolute atomic E-state index is 0.0322. The van der Waals surface area contributed by atoms with Crippen molar-refractivity contribution in [3.63, 3.8) is 0 Å². The zero-order chi connectivity index (χ0) is 16.5. The van der Waals surface area contributed by atoms with E-state index in [1.165, 1.54) is 0 Å². The minimum atomic E-state index is -0.592. The molecule has 122 valence electrons. The first-order chi connectivity index (χ1) is 10.5. The average molecular weight is 306 g/mol. The molecule has 0 aromatic heterocycles. The molecule has 5 heteroatoms. The van der Waals surface area contributed by atoms with Gasteiger partial charge in [-0.25, -0.2) is 4.79 Å². The molecule has 0 radical (unpaired) electrons. The van der Waals surface area contributed by atoms with Crippen LogP contribution in [0.25, 0.3) is 0 Å². The standard InChI is InChI=1S/C17H26N2O3/c1-4-12(3)16(17(21)22-5-2)19-15(20)11-10-13-8-6-7-9-14(13)18/h6-9,12,16H,4-5,10-11,18H2,1-3H3,(H,19,20). The lowest BCUT2D eigenvalue weighted by molar-refractivity contribution is -0.149. The molecule has 0 aliphatic carbocycles. The zero-order valence-electron chi connectivity index (χ0n) is 13.6. The molecule has 0 spiro atoms. The second-order valence-corrected chi connectivity index (χ2v) is 5.38. The van der Waals surface area contributed by atoms with Gasteiger partial charge in [0.05, 0.1) is 6.61 Å². The first-order valence-electron chi connectivity index (χ1n) is 7.78. The molecular formula is C17H26N2O3. The molecule has 2 atom stereocenters. The summed E-state index contributed by atoms with van der Waals surface area (Å²) in [5.74, 6) is -0.504. The number of aryl methyl sites for hydroxylation is 1. The van der Waals surface area contributed by atoms with Gasteiger partial charge in [0, 0.05) is 12.1 Å². The lowest BCUT2D eigenvalue weighted by atomic mass is 9.98. The van der Waals surface area contributed by atoms with Crippen LogP contribution >= 0.6 is 0 Å². The lowest BCUT2D eigenvalue weighted by Gasteiger charge is -2.22. The predicted molar refractivity (Wildman–Crippen MR) is 87.2 cm³/mol. The highest BCUT2D eigenvalue weighted by Gasteiger charge is 2.26. The smallest absolute Gasteiger partial charge is 0.328 e. The average Bonchev–Trinajstić information content (AvgIpc) is 2.51. The number of hydrogen-bond donors (Lipinski definition) is 2. The van der Waals surface area contributed by atoms with Crippen LogP contribution in [0, 0.1) is 5.92 Å². The van der Waals surface area contributed by atoms with E-state index in [0.717, 1.165) is 12.0 Å². The first kappa shape index (κ1) is 18.0. The number of nitrogens with one attached hydrogen (secondary N) is 1. The Bertz CT molecular complexity index is 502. The van der Waals surface area contributed by atoms with Crippen LogP contribution < -0.4 is 11.1 Å². The molecule has 3 N–H and O–H groups in total. The second-order valence-electron chi connectivity index (χ2n) is 5.38. The van der Waals surface area contributed by atoms with E-state index in [1.807, 2.05) is 38.1 Å². The Kier molecular flexibility index (Phi) is 7.43. The quantitative estimate of drug-likeness (QED) is 0.570. The van der Waals surface area contributed by atoms with E-state index in [2.05, 4.69) is 5.32 Å². The maximum Gasteiger partial charge on any atom is 0.328 e. The summed E-state index contributed by atoms with van der Waals surface area (Å²) in [5.41, 5.74) is 7.48. The number of para-hydroxylation sites is 1. The molecular weight excluding hydrogens is 280 g/mol. The maximum atomic E-state index is 12.1. The molecule has 0 saturated carbocycles. The normalized spacial score (nSPS) is 13.2. The molecule has 2 unspecified atom stereocenters. The topological polar surface area (TPSA) is 81.4 Å². The van der Waals surface area contributed by atoms with Crippen LogP contribution in [0.5, 0.6) is 0 Å². The number of ether oxygens (including phenoxy) is 1. The number of amides is 1. The number of carbonyl (C=O) groups excluding carboxylic acids is 2. The third-order valence-corrected chi connectivity index (χ3v) is 3.75. The molecule has 0 aliphatic heterocycles. The fourth-order valence-corrected chi connectivity index (χ4v) is 2.16. The molecule has 1 rings (SSSR count). The Labute approximate surface area is 132 Å². The van der Waals surface area contributed by atoms with Crippen molar-refractivity contribution >= 4 is 17.6 Å². The van der Waals surface area contributed by atoms with Crippen molar-refractivity contribution in [3.05, 3.63) is 29.8 Å². The fourth-order valence-electron chi connectivity index (χ4n) is 2.16. The summed E-state index contributed by atoms with van der Waals surface area (Å²) >= 11 is 0. The number of carbonyl (C=O) groups is 2. The number of benzene rings is 1. The van der Waals surface area contributed by atoms with Crippen molar-refractivity contribution in [2.24, 2.45) is 5.92 Å². The highest BCUT2D eigenvalue weighted by atomic mass is 16.5. The monoisotopic (exact) mass is 306 g/mol. The predicted octanol–water partition coefficient (Wildman–Crippen LogP) is 2.30. The molecule has 0 heterocycles. The van der Waals surface area contributed by atoms with Crippen LogP contribution in [0.2, 0.25) is 0 Å². The van der Waals surface area contributed by atoms with Gasteiger partial charge in [0.2, 0.25) is 5.91 Å². The molecule has 0 fully saturated rings. The third kappa shape index (κ3) is 5.39. The fraction of sp³-hybridized carbons (Fsp3) is 0.529. The van der Waals surface area contributed by atoms with E-state index in [9.17, 15) is 9.59 Å². The molecule has 0 aliphatic rings. The maximum absolute atomic E-state index is 12.1. The minimum Gasteiger partial charge on any atom is -0.464 e. The first-order valence-corrected chi connectivity index (χ1v) is 7.78. The van der Waals surface area contributed by atoms with Crippen molar-refractivity contribution < 1.29 is 14.3 Å². The summed E-state index contributed by atoms with van der Waals surface area (Å²) in [6.07, 6.45) is 1.63. The van der Waals surface area contributed by atoms with E-state index in [0.29, 0.717) is 25.1 Å². The summed E-state index contributed by atoms with van der Waals surface area (Å²) in [6, 6.07) is 6.88. The van der Waals surface area contributed by atoms with Crippen LogP contribution in [0.1, 0.15) is 39.2 Å². The number of esters is 1. The molecule has 1 aromatic carbocycles. The van der Waals surface area contributed by atoms with Crippen molar-refractivity contribution in [2.45, 2.75) is 46.1 Å². The van der Waals surface area contributed by atoms with Crippen LogP contribution in [0.4, 0.5) is 5.69 Å². The summed E-state index contributed by atoms with van der Waals surface area (Å²) in [7, 11) is 0. The van der Waals surface area contributed by atoms with Gasteiger partial charge in [0.25, 0.3) is 0 Å². The number of rotatable bonds is 8. The Balaban J connectivity index is 2.59. The molecule has 0 bridgehead atoms. The van der Waals surface area contributed by atoms with Crippen LogP contribution in [-0.4, -0.2) is 24.5 Å². The van der Waals surface area contributed by atoms with E-state index < -0.39 is 6.04 Å². The van der Waals surface area contributed by atoms with Gasteiger partial charge >= 0.3 is 5.97 Å². The molecule has 5 nitrogen and oxygen atoms in total. The summed E-state index contributed by atoms with van der Waals surface area (Å²) in [5, 5.41) is 2.79. The van der Waals surface area contributed by atoms with E-state index in [-0.39, 0.29) is 17.8 Å². The number of nitrogens with two attached hydrogens (primary N) is 1. The SMILES string of the molecule is CCOC(=O)C(NC(=O)CCc1ccccc1N)C(C)CC. The van der Waals surface area contributed by atoms with Gasteiger partial charge in [0.1, 0.15) is 6.04 Å². The van der Waals surface area contributed by atoms with Crippen molar-refractivity contribution in [3.8, 4) is 0 Å². The largest absolute Gasteiger partial charge is 0.464 e. The van der Waals surface area contributed by atoms with Gasteiger partial charge < -0.3 is 15.8 Å². The molecule has 1 amide bonds. The van der Waals surface area contributed by atoms with Crippen molar-refractivity contribution in [2.75, 3.05) is 12.3 Å². The molecule has 0 saturated heterocycles. The Morgan fingerprint density at radius 2 is 1.95 bits per heavy atom. The third-order valence-electron chi connectivity index (χ3n) is 3.75. The van der Waals surface area contributed by atoms with Crippen LogP contribution in [-0.2, 0) is 20.7 Å². The van der Waals surface area contributed by atoms with Crippen LogP contribution in [0.15, 0.2) is 24.3 Å². The van der Waals surface area contributed by atoms with E-state index in [4.69, 9.17) is 10.5 Å². The highest BCUT2D eigenvalue weighted by molar-refractivity contribution is 5.84. The summed E-state index contributed by atoms with van der Waals surface area (Å²) < 4.78 is 5.04. The van der Waals surface area contributed by atoms with Gasteiger partial charge in [-0.1, -0.05) is 38.5 Å². The Morgan fingerprint density at radius 3 is 2.55 bits per heavy atom. The Hall–Kier alpha value is -2.04. The number of hydrogen-bond acceptors (Lipinski definition) is 4. The highest BCUT2D eigenvalue weighted by Crippen LogP contribution is 2.14. The van der Waals surface area contributed by atoms with Gasteiger partial charge in [0.15, 0.2) is 0 Å². The van der Waals surface area contributed by atoms with Gasteiger partial charge in [-0.15, -0.1) is 0 Å². The van der Waals surface area contributed by atoms with Gasteiger partial charge in [-0.3, -0.25) is 4.79 Å². The van der Waals surface area contributed by atoms with Crippen molar-refractivity contribution in [1.82, 2.24) is 5.32 Å². The summed E-state index contributed by atoms with van der Waals surface area (Å²) in [6.45, 7) is 5.97. The summed E-state index contributed by atoms with van der Waals surface area (Å²) in [4.78, 5) is 24.1. The van der Waals surface area contributed by atoms with E-state index >= 15 is 0 Å². The molecule has 22 heavy (non-hydrogen) atoms. The number of nitrogen functional groups attached to an aromatic ring is 1. The molecule has 1 aromatic rings. The van der Waals surface area contributed by atoms with Crippen LogP contribution in [0.3, 0.4) is 0 Å². The van der Waals surface area contributed by atoms with Gasteiger partial charge in [-0.2, -0.15) is 0 Å². The Morgan fingerprint density at radius 1 is 1.27 bits per heavy atom. The zero-order valence-corrected chi connectivity index (χ0v) is 13.6.